The van der Waals surface area contributed by atoms with Gasteiger partial charge in [-0.15, -0.1) is 0 Å². The van der Waals surface area contributed by atoms with Crippen LogP contribution >= 0.6 is 0 Å². The van der Waals surface area contributed by atoms with Crippen molar-refractivity contribution in [2.24, 2.45) is 5.92 Å². The van der Waals surface area contributed by atoms with Gasteiger partial charge in [-0.2, -0.15) is 0 Å². The minimum atomic E-state index is 0.453. The SMILES string of the molecule is CCC(C)C(COCCCOCCOC)NC. The van der Waals surface area contributed by atoms with E-state index in [2.05, 4.69) is 19.2 Å². The molecule has 0 radical (unpaired) electrons. The molecule has 0 aliphatic rings. The van der Waals surface area contributed by atoms with Crippen molar-refractivity contribution in [1.29, 1.82) is 0 Å². The Morgan fingerprint density at radius 3 is 2.35 bits per heavy atom. The molecule has 0 saturated heterocycles. The summed E-state index contributed by atoms with van der Waals surface area (Å²) in [5.41, 5.74) is 0. The molecule has 0 rings (SSSR count). The van der Waals surface area contributed by atoms with Gasteiger partial charge >= 0.3 is 0 Å². The maximum absolute atomic E-state index is 5.64. The number of rotatable bonds is 12. The molecule has 0 bridgehead atoms. The lowest BCUT2D eigenvalue weighted by Crippen LogP contribution is -2.36. The topological polar surface area (TPSA) is 39.7 Å². The van der Waals surface area contributed by atoms with E-state index in [1.54, 1.807) is 7.11 Å². The molecule has 4 nitrogen and oxygen atoms in total. The van der Waals surface area contributed by atoms with Gasteiger partial charge in [-0.3, -0.25) is 0 Å². The standard InChI is InChI=1S/C13H29NO3/c1-5-12(2)13(14-3)11-17-8-6-7-16-10-9-15-4/h12-14H,5-11H2,1-4H3. The number of ether oxygens (including phenoxy) is 3. The molecule has 104 valence electrons. The number of methoxy groups -OCH3 is 1. The third kappa shape index (κ3) is 9.53. The molecule has 0 aliphatic heterocycles. The molecular formula is C13H29NO3. The molecule has 1 N–H and O–H groups in total. The summed E-state index contributed by atoms with van der Waals surface area (Å²) in [7, 11) is 3.67. The van der Waals surface area contributed by atoms with Crippen molar-refractivity contribution in [1.82, 2.24) is 5.32 Å². The van der Waals surface area contributed by atoms with Crippen molar-refractivity contribution in [2.75, 3.05) is 47.2 Å². The predicted molar refractivity (Wildman–Crippen MR) is 70.4 cm³/mol. The number of likely N-dealkylation sites (N-methyl/N-ethyl adjacent to an activating group) is 1. The monoisotopic (exact) mass is 247 g/mol. The van der Waals surface area contributed by atoms with E-state index in [1.807, 2.05) is 7.05 Å². The van der Waals surface area contributed by atoms with E-state index in [9.17, 15) is 0 Å². The second kappa shape index (κ2) is 12.3. The smallest absolute Gasteiger partial charge is 0.0700 e. The lowest BCUT2D eigenvalue weighted by Gasteiger charge is -2.22. The predicted octanol–water partition coefficient (Wildman–Crippen LogP) is 1.69. The van der Waals surface area contributed by atoms with Crippen molar-refractivity contribution < 1.29 is 14.2 Å². The Balaban J connectivity index is 3.31. The van der Waals surface area contributed by atoms with Crippen LogP contribution in [-0.4, -0.2) is 53.2 Å². The van der Waals surface area contributed by atoms with Crippen LogP contribution in [0.25, 0.3) is 0 Å². The van der Waals surface area contributed by atoms with Gasteiger partial charge in [-0.1, -0.05) is 20.3 Å². The molecule has 0 aromatic heterocycles. The Bertz CT molecular complexity index is 156. The van der Waals surface area contributed by atoms with Crippen LogP contribution in [0.2, 0.25) is 0 Å². The van der Waals surface area contributed by atoms with Crippen molar-refractivity contribution in [3.8, 4) is 0 Å². The van der Waals surface area contributed by atoms with Crippen LogP contribution in [0.15, 0.2) is 0 Å². The highest BCUT2D eigenvalue weighted by molar-refractivity contribution is 4.69. The van der Waals surface area contributed by atoms with Crippen LogP contribution in [0.5, 0.6) is 0 Å². The molecule has 0 amide bonds. The van der Waals surface area contributed by atoms with Crippen LogP contribution in [-0.2, 0) is 14.2 Å². The minimum Gasteiger partial charge on any atom is -0.382 e. The lowest BCUT2D eigenvalue weighted by molar-refractivity contribution is 0.0445. The van der Waals surface area contributed by atoms with Crippen LogP contribution in [0, 0.1) is 5.92 Å². The summed E-state index contributed by atoms with van der Waals surface area (Å²) < 4.78 is 15.9. The second-order valence-corrected chi connectivity index (χ2v) is 4.31. The summed E-state index contributed by atoms with van der Waals surface area (Å²) in [6.45, 7) is 8.08. The first-order valence-electron chi connectivity index (χ1n) is 6.57. The van der Waals surface area contributed by atoms with E-state index >= 15 is 0 Å². The molecule has 17 heavy (non-hydrogen) atoms. The van der Waals surface area contributed by atoms with Gasteiger partial charge < -0.3 is 19.5 Å². The Hall–Kier alpha value is -0.160. The molecule has 0 aromatic carbocycles. The molecule has 0 aliphatic carbocycles. The number of hydrogen-bond donors (Lipinski definition) is 1. The molecule has 0 heterocycles. The maximum Gasteiger partial charge on any atom is 0.0700 e. The summed E-state index contributed by atoms with van der Waals surface area (Å²) in [6, 6.07) is 0.453. The number of nitrogens with one attached hydrogen (secondary N) is 1. The molecule has 0 spiro atoms. The Morgan fingerprint density at radius 1 is 1.06 bits per heavy atom. The zero-order chi connectivity index (χ0) is 12.9. The van der Waals surface area contributed by atoms with Crippen LogP contribution < -0.4 is 5.32 Å². The molecule has 0 fully saturated rings. The first kappa shape index (κ1) is 16.8. The van der Waals surface area contributed by atoms with Gasteiger partial charge in [0, 0.05) is 26.4 Å². The highest BCUT2D eigenvalue weighted by Crippen LogP contribution is 2.07. The van der Waals surface area contributed by atoms with E-state index < -0.39 is 0 Å². The molecular weight excluding hydrogens is 218 g/mol. The van der Waals surface area contributed by atoms with Crippen molar-refractivity contribution in [2.45, 2.75) is 32.7 Å². The molecule has 2 unspecified atom stereocenters. The fourth-order valence-electron chi connectivity index (χ4n) is 1.53. The van der Waals surface area contributed by atoms with E-state index in [1.165, 1.54) is 6.42 Å². The first-order chi connectivity index (χ1) is 8.26. The molecule has 4 heteroatoms. The average molecular weight is 247 g/mol. The van der Waals surface area contributed by atoms with Gasteiger partial charge in [-0.25, -0.2) is 0 Å². The van der Waals surface area contributed by atoms with Crippen LogP contribution in [0.1, 0.15) is 26.7 Å². The zero-order valence-corrected chi connectivity index (χ0v) is 11.8. The van der Waals surface area contributed by atoms with Gasteiger partial charge in [0.1, 0.15) is 0 Å². The Kier molecular flexibility index (Phi) is 12.2. The fraction of sp³-hybridized carbons (Fsp3) is 1.00. The van der Waals surface area contributed by atoms with Crippen molar-refractivity contribution >= 4 is 0 Å². The molecule has 0 aromatic rings. The summed E-state index contributed by atoms with van der Waals surface area (Å²) >= 11 is 0. The minimum absolute atomic E-state index is 0.453. The average Bonchev–Trinajstić information content (AvgIpc) is 2.36. The van der Waals surface area contributed by atoms with Crippen molar-refractivity contribution in [3.05, 3.63) is 0 Å². The van der Waals surface area contributed by atoms with E-state index in [4.69, 9.17) is 14.2 Å². The summed E-state index contributed by atoms with van der Waals surface area (Å²) in [4.78, 5) is 0. The van der Waals surface area contributed by atoms with Gasteiger partial charge in [0.05, 0.1) is 19.8 Å². The molecule has 0 saturated carbocycles. The zero-order valence-electron chi connectivity index (χ0n) is 11.8. The summed E-state index contributed by atoms with van der Waals surface area (Å²) in [5, 5.41) is 3.30. The Labute approximate surface area is 106 Å². The molecule has 2 atom stereocenters. The van der Waals surface area contributed by atoms with Gasteiger partial charge in [-0.05, 0) is 19.4 Å². The van der Waals surface area contributed by atoms with E-state index in [-0.39, 0.29) is 0 Å². The quantitative estimate of drug-likeness (QED) is 0.533. The lowest BCUT2D eigenvalue weighted by atomic mass is 10.0. The normalized spacial score (nSPS) is 14.8. The third-order valence-corrected chi connectivity index (χ3v) is 3.01. The van der Waals surface area contributed by atoms with E-state index in [0.717, 1.165) is 26.2 Å². The first-order valence-corrected chi connectivity index (χ1v) is 6.57. The Morgan fingerprint density at radius 2 is 1.76 bits per heavy atom. The van der Waals surface area contributed by atoms with Crippen LogP contribution in [0.4, 0.5) is 0 Å². The maximum atomic E-state index is 5.64. The second-order valence-electron chi connectivity index (χ2n) is 4.31. The van der Waals surface area contributed by atoms with Gasteiger partial charge in [0.2, 0.25) is 0 Å². The summed E-state index contributed by atoms with van der Waals surface area (Å²) in [5.74, 6) is 0.651. The summed E-state index contributed by atoms with van der Waals surface area (Å²) in [6.07, 6.45) is 2.12. The van der Waals surface area contributed by atoms with E-state index in [0.29, 0.717) is 25.2 Å². The number of hydrogen-bond acceptors (Lipinski definition) is 4. The van der Waals surface area contributed by atoms with Crippen molar-refractivity contribution in [3.63, 3.8) is 0 Å². The largest absolute Gasteiger partial charge is 0.382 e. The third-order valence-electron chi connectivity index (χ3n) is 3.01. The van der Waals surface area contributed by atoms with Gasteiger partial charge in [0.15, 0.2) is 0 Å². The van der Waals surface area contributed by atoms with Crippen LogP contribution in [0.3, 0.4) is 0 Å². The highest BCUT2D eigenvalue weighted by Gasteiger charge is 2.12. The fourth-order valence-corrected chi connectivity index (χ4v) is 1.53. The van der Waals surface area contributed by atoms with Gasteiger partial charge in [0.25, 0.3) is 0 Å². The highest BCUT2D eigenvalue weighted by atomic mass is 16.5.